The summed E-state index contributed by atoms with van der Waals surface area (Å²) in [6.45, 7) is 1.42. The Hall–Kier alpha value is -3.06. The summed E-state index contributed by atoms with van der Waals surface area (Å²) in [6.07, 6.45) is 0.906. The van der Waals surface area contributed by atoms with Gasteiger partial charge in [0.2, 0.25) is 19.9 Å². The molecule has 0 fully saturated rings. The topological polar surface area (TPSA) is 128 Å². The van der Waals surface area contributed by atoms with E-state index < -0.39 is 36.7 Å². The van der Waals surface area contributed by atoms with E-state index in [4.69, 9.17) is 9.26 Å². The van der Waals surface area contributed by atoms with E-state index in [1.54, 1.807) is 0 Å². The highest BCUT2D eigenvalue weighted by molar-refractivity contribution is 7.92. The van der Waals surface area contributed by atoms with Crippen molar-refractivity contribution in [2.24, 2.45) is 0 Å². The van der Waals surface area contributed by atoms with Gasteiger partial charge in [-0.2, -0.15) is 4.98 Å². The fraction of sp³-hybridized carbons (Fsp3) is 0.176. The molecule has 160 valence electrons. The highest BCUT2D eigenvalue weighted by atomic mass is 32.2. The maximum atomic E-state index is 14.0. The van der Waals surface area contributed by atoms with E-state index in [0.717, 1.165) is 18.4 Å². The van der Waals surface area contributed by atoms with Crippen LogP contribution < -0.4 is 9.46 Å². The minimum atomic E-state index is -3.72. The number of hydrogen-bond acceptors (Lipinski definition) is 8. The van der Waals surface area contributed by atoms with Crippen LogP contribution in [0, 0.1) is 11.6 Å². The average Bonchev–Trinajstić information content (AvgIpc) is 3.15. The number of rotatable bonds is 7. The van der Waals surface area contributed by atoms with Gasteiger partial charge >= 0.3 is 0 Å². The van der Waals surface area contributed by atoms with E-state index >= 15 is 0 Å². The Bertz CT molecular complexity index is 1310. The number of benzene rings is 2. The van der Waals surface area contributed by atoms with Gasteiger partial charge in [0.15, 0.2) is 17.3 Å². The van der Waals surface area contributed by atoms with Crippen LogP contribution >= 0.6 is 0 Å². The molecular formula is C17H15F2N3O6S2. The van der Waals surface area contributed by atoms with Crippen molar-refractivity contribution in [3.63, 3.8) is 0 Å². The van der Waals surface area contributed by atoms with Crippen molar-refractivity contribution in [3.05, 3.63) is 48.0 Å². The fourth-order valence-electron chi connectivity index (χ4n) is 2.28. The quantitative estimate of drug-likeness (QED) is 0.571. The van der Waals surface area contributed by atoms with Crippen molar-refractivity contribution in [1.29, 1.82) is 0 Å². The highest BCUT2D eigenvalue weighted by Gasteiger charge is 2.22. The predicted octanol–water partition coefficient (Wildman–Crippen LogP) is 2.97. The lowest BCUT2D eigenvalue weighted by Crippen LogP contribution is -2.10. The lowest BCUT2D eigenvalue weighted by Gasteiger charge is -2.13. The average molecular weight is 459 g/mol. The van der Waals surface area contributed by atoms with E-state index in [9.17, 15) is 25.6 Å². The summed E-state index contributed by atoms with van der Waals surface area (Å²) >= 11 is 0. The third-order valence-electron chi connectivity index (χ3n) is 3.70. The number of ether oxygens (including phenoxy) is 1. The molecule has 13 heteroatoms. The van der Waals surface area contributed by atoms with Gasteiger partial charge in [0.1, 0.15) is 5.82 Å². The SMILES string of the molecule is CCS(=O)(=O)c1noc(-c2ccc(NS(C)(=O)=O)c(Oc3ccc(F)cc3F)c2)n1. The van der Waals surface area contributed by atoms with Gasteiger partial charge in [-0.1, -0.05) is 6.92 Å². The van der Waals surface area contributed by atoms with Gasteiger partial charge in [-0.3, -0.25) is 4.72 Å². The molecule has 0 unspecified atom stereocenters. The van der Waals surface area contributed by atoms with Gasteiger partial charge in [-0.25, -0.2) is 25.6 Å². The zero-order chi connectivity index (χ0) is 22.1. The van der Waals surface area contributed by atoms with Gasteiger partial charge in [0.25, 0.3) is 11.0 Å². The molecule has 1 N–H and O–H groups in total. The van der Waals surface area contributed by atoms with Crippen LogP contribution in [0.1, 0.15) is 6.92 Å². The molecule has 1 heterocycles. The van der Waals surface area contributed by atoms with Crippen LogP contribution in [0.25, 0.3) is 11.5 Å². The van der Waals surface area contributed by atoms with E-state index in [-0.39, 0.29) is 34.4 Å². The Kier molecular flexibility index (Phi) is 5.76. The van der Waals surface area contributed by atoms with Crippen molar-refractivity contribution >= 4 is 25.5 Å². The number of hydrogen-bond donors (Lipinski definition) is 1. The third-order valence-corrected chi connectivity index (χ3v) is 5.78. The van der Waals surface area contributed by atoms with Crippen LogP contribution in [0.3, 0.4) is 0 Å². The molecule has 2 aromatic carbocycles. The van der Waals surface area contributed by atoms with Crippen LogP contribution in [0.2, 0.25) is 0 Å². The van der Waals surface area contributed by atoms with Crippen molar-refractivity contribution in [2.75, 3.05) is 16.7 Å². The summed E-state index contributed by atoms with van der Waals surface area (Å²) in [4.78, 5) is 3.82. The maximum absolute atomic E-state index is 14.0. The molecule has 9 nitrogen and oxygen atoms in total. The normalized spacial score (nSPS) is 12.0. The Morgan fingerprint density at radius 1 is 1.07 bits per heavy atom. The van der Waals surface area contributed by atoms with Crippen LogP contribution in [0.4, 0.5) is 14.5 Å². The Balaban J connectivity index is 2.06. The van der Waals surface area contributed by atoms with Crippen LogP contribution in [0.5, 0.6) is 11.5 Å². The molecule has 0 saturated carbocycles. The molecule has 0 atom stereocenters. The first-order valence-corrected chi connectivity index (χ1v) is 11.8. The Morgan fingerprint density at radius 3 is 2.43 bits per heavy atom. The Morgan fingerprint density at radius 2 is 1.80 bits per heavy atom. The molecule has 0 amide bonds. The molecule has 3 aromatic rings. The second kappa shape index (κ2) is 7.99. The van der Waals surface area contributed by atoms with Gasteiger partial charge in [0, 0.05) is 11.6 Å². The summed E-state index contributed by atoms with van der Waals surface area (Å²) in [5.74, 6) is -2.79. The summed E-state index contributed by atoms with van der Waals surface area (Å²) in [5, 5.41) is 2.92. The first kappa shape index (κ1) is 21.6. The van der Waals surface area contributed by atoms with Crippen LogP contribution in [-0.2, 0) is 19.9 Å². The number of sulfonamides is 1. The largest absolute Gasteiger partial charge is 0.452 e. The molecule has 30 heavy (non-hydrogen) atoms. The van der Waals surface area contributed by atoms with E-state index in [1.165, 1.54) is 25.1 Å². The van der Waals surface area contributed by atoms with E-state index in [1.807, 2.05) is 0 Å². The predicted molar refractivity (Wildman–Crippen MR) is 102 cm³/mol. The van der Waals surface area contributed by atoms with Gasteiger partial charge in [0.05, 0.1) is 17.7 Å². The maximum Gasteiger partial charge on any atom is 0.288 e. The molecule has 0 aliphatic carbocycles. The fourth-order valence-corrected chi connectivity index (χ4v) is 3.48. The van der Waals surface area contributed by atoms with E-state index in [0.29, 0.717) is 6.07 Å². The number of sulfone groups is 1. The molecule has 0 aliphatic heterocycles. The zero-order valence-electron chi connectivity index (χ0n) is 15.6. The van der Waals surface area contributed by atoms with E-state index in [2.05, 4.69) is 14.9 Å². The number of nitrogens with one attached hydrogen (secondary N) is 1. The van der Waals surface area contributed by atoms with Crippen molar-refractivity contribution < 1.29 is 34.9 Å². The highest BCUT2D eigenvalue weighted by Crippen LogP contribution is 2.35. The molecule has 0 radical (unpaired) electrons. The summed E-state index contributed by atoms with van der Waals surface area (Å²) in [7, 11) is -7.43. The minimum absolute atomic E-state index is 0.0501. The monoisotopic (exact) mass is 459 g/mol. The van der Waals surface area contributed by atoms with Gasteiger partial charge in [-0.15, -0.1) is 0 Å². The number of nitrogens with zero attached hydrogens (tertiary/aromatic N) is 2. The standard InChI is InChI=1S/C17H15F2N3O6S2/c1-3-30(25,26)17-20-16(28-21-17)10-4-6-13(22-29(2,23)24)15(8-10)27-14-7-5-11(18)9-12(14)19/h4-9,22H,3H2,1-2H3. The Labute approximate surface area is 170 Å². The molecule has 0 spiro atoms. The molecule has 0 bridgehead atoms. The van der Waals surface area contributed by atoms with Crippen molar-refractivity contribution in [3.8, 4) is 23.0 Å². The molecule has 3 rings (SSSR count). The first-order chi connectivity index (χ1) is 14.0. The molecule has 1 aromatic heterocycles. The number of aromatic nitrogens is 2. The lowest BCUT2D eigenvalue weighted by molar-refractivity contribution is 0.411. The number of halogens is 2. The molecule has 0 saturated heterocycles. The molecule has 0 aliphatic rings. The van der Waals surface area contributed by atoms with Crippen molar-refractivity contribution in [2.45, 2.75) is 12.1 Å². The minimum Gasteiger partial charge on any atom is -0.452 e. The molecular weight excluding hydrogens is 444 g/mol. The smallest absolute Gasteiger partial charge is 0.288 e. The zero-order valence-corrected chi connectivity index (χ0v) is 17.2. The summed E-state index contributed by atoms with van der Waals surface area (Å²) in [5.41, 5.74) is 0.127. The first-order valence-electron chi connectivity index (χ1n) is 8.30. The van der Waals surface area contributed by atoms with Crippen LogP contribution in [0.15, 0.2) is 46.1 Å². The second-order valence-corrected chi connectivity index (χ2v) is 9.97. The van der Waals surface area contributed by atoms with Crippen molar-refractivity contribution in [1.82, 2.24) is 10.1 Å². The third kappa shape index (κ3) is 4.91. The second-order valence-electron chi connectivity index (χ2n) is 6.05. The summed E-state index contributed by atoms with van der Waals surface area (Å²) in [6, 6.07) is 6.49. The number of anilines is 1. The van der Waals surface area contributed by atoms with Crippen LogP contribution in [-0.4, -0.2) is 39.0 Å². The lowest BCUT2D eigenvalue weighted by atomic mass is 10.2. The van der Waals surface area contributed by atoms with Gasteiger partial charge < -0.3 is 9.26 Å². The van der Waals surface area contributed by atoms with Gasteiger partial charge in [-0.05, 0) is 35.5 Å². The summed E-state index contributed by atoms with van der Waals surface area (Å²) < 4.78 is 86.7.